The highest BCUT2D eigenvalue weighted by molar-refractivity contribution is 5.21. The van der Waals surface area contributed by atoms with Gasteiger partial charge in [-0.2, -0.15) is 0 Å². The van der Waals surface area contributed by atoms with Gasteiger partial charge in [0.25, 0.3) is 0 Å². The summed E-state index contributed by atoms with van der Waals surface area (Å²) in [5.74, 6) is 0. The van der Waals surface area contributed by atoms with E-state index in [4.69, 9.17) is 0 Å². The molecular weight excluding hydrogens is 122 g/mol. The minimum Gasteiger partial charge on any atom is -0.358 e. The largest absolute Gasteiger partial charge is 0.358 e. The third-order valence-electron chi connectivity index (χ3n) is 2.14. The molecule has 1 aliphatic rings. The zero-order valence-electron chi connectivity index (χ0n) is 7.18. The zero-order chi connectivity index (χ0) is 7.78. The van der Waals surface area contributed by atoms with Crippen LogP contribution in [0.4, 0.5) is 0 Å². The lowest BCUT2D eigenvalue weighted by molar-refractivity contribution is 0.496. The Morgan fingerprint density at radius 3 is 2.40 bits per heavy atom. The number of rotatable bonds is 0. The van der Waals surface area contributed by atoms with Crippen LogP contribution in [0.2, 0.25) is 0 Å². The van der Waals surface area contributed by atoms with Gasteiger partial charge in [-0.05, 0) is 18.7 Å². The van der Waals surface area contributed by atoms with Crippen molar-refractivity contribution in [1.82, 2.24) is 4.90 Å². The Bertz CT molecular complexity index is 187. The molecule has 1 aliphatic heterocycles. The Balaban J connectivity index is 2.87. The first-order chi connectivity index (χ1) is 4.52. The summed E-state index contributed by atoms with van der Waals surface area (Å²) in [7, 11) is 2.05. The van der Waals surface area contributed by atoms with Crippen LogP contribution in [-0.4, -0.2) is 11.9 Å². The minimum absolute atomic E-state index is 0.256. The molecule has 1 rings (SSSR count). The van der Waals surface area contributed by atoms with E-state index in [1.54, 1.807) is 0 Å². The van der Waals surface area contributed by atoms with E-state index in [0.717, 1.165) is 0 Å². The van der Waals surface area contributed by atoms with Gasteiger partial charge in [-0.1, -0.05) is 19.9 Å². The molecule has 0 radical (unpaired) electrons. The fraction of sp³-hybridized carbons (Fsp3) is 0.556. The Labute approximate surface area is 63.0 Å². The zero-order valence-corrected chi connectivity index (χ0v) is 7.18. The van der Waals surface area contributed by atoms with Crippen molar-refractivity contribution in [2.24, 2.45) is 5.41 Å². The highest BCUT2D eigenvalue weighted by Gasteiger charge is 2.18. The van der Waals surface area contributed by atoms with Crippen molar-refractivity contribution in [3.63, 3.8) is 0 Å². The normalized spacial score (nSPS) is 22.8. The third-order valence-corrected chi connectivity index (χ3v) is 2.14. The SMILES string of the molecule is CC1=CN(C)C=CC1(C)C. The van der Waals surface area contributed by atoms with Gasteiger partial charge < -0.3 is 4.90 Å². The minimum atomic E-state index is 0.256. The topological polar surface area (TPSA) is 3.24 Å². The first-order valence-corrected chi connectivity index (χ1v) is 3.62. The van der Waals surface area contributed by atoms with E-state index >= 15 is 0 Å². The summed E-state index contributed by atoms with van der Waals surface area (Å²) >= 11 is 0. The Morgan fingerprint density at radius 1 is 1.40 bits per heavy atom. The lowest BCUT2D eigenvalue weighted by Gasteiger charge is -2.28. The van der Waals surface area contributed by atoms with E-state index in [1.165, 1.54) is 5.57 Å². The van der Waals surface area contributed by atoms with Crippen molar-refractivity contribution in [2.75, 3.05) is 7.05 Å². The predicted molar refractivity (Wildman–Crippen MR) is 44.4 cm³/mol. The molecule has 0 aliphatic carbocycles. The van der Waals surface area contributed by atoms with E-state index < -0.39 is 0 Å². The molecule has 0 atom stereocenters. The lowest BCUT2D eigenvalue weighted by atomic mass is 9.84. The highest BCUT2D eigenvalue weighted by Crippen LogP contribution is 2.30. The second-order valence-corrected chi connectivity index (χ2v) is 3.52. The molecule has 0 aromatic rings. The molecule has 0 bridgehead atoms. The first kappa shape index (κ1) is 7.39. The summed E-state index contributed by atoms with van der Waals surface area (Å²) in [6.45, 7) is 6.62. The smallest absolute Gasteiger partial charge is 0.0106 e. The maximum Gasteiger partial charge on any atom is 0.0106 e. The summed E-state index contributed by atoms with van der Waals surface area (Å²) < 4.78 is 0. The van der Waals surface area contributed by atoms with Crippen LogP contribution >= 0.6 is 0 Å². The van der Waals surface area contributed by atoms with Gasteiger partial charge in [0.2, 0.25) is 0 Å². The van der Waals surface area contributed by atoms with Crippen molar-refractivity contribution >= 4 is 0 Å². The Kier molecular flexibility index (Phi) is 1.59. The van der Waals surface area contributed by atoms with E-state index in [1.807, 2.05) is 0 Å². The standard InChI is InChI=1S/C9H15N/c1-8-7-10(4)6-5-9(8,2)3/h5-7H,1-4H3. The van der Waals surface area contributed by atoms with Crippen molar-refractivity contribution < 1.29 is 0 Å². The van der Waals surface area contributed by atoms with E-state index in [2.05, 4.69) is 51.2 Å². The van der Waals surface area contributed by atoms with Crippen LogP contribution in [-0.2, 0) is 0 Å². The molecule has 0 unspecified atom stereocenters. The summed E-state index contributed by atoms with van der Waals surface area (Å²) in [5, 5.41) is 0. The Morgan fingerprint density at radius 2 is 2.00 bits per heavy atom. The van der Waals surface area contributed by atoms with Crippen molar-refractivity contribution in [1.29, 1.82) is 0 Å². The van der Waals surface area contributed by atoms with Crippen LogP contribution < -0.4 is 0 Å². The van der Waals surface area contributed by atoms with Gasteiger partial charge in [0.1, 0.15) is 0 Å². The summed E-state index contributed by atoms with van der Waals surface area (Å²) in [5.41, 5.74) is 1.67. The summed E-state index contributed by atoms with van der Waals surface area (Å²) in [4.78, 5) is 2.08. The molecule has 56 valence electrons. The number of allylic oxidation sites excluding steroid dienone is 2. The van der Waals surface area contributed by atoms with Gasteiger partial charge >= 0.3 is 0 Å². The quantitative estimate of drug-likeness (QED) is 0.495. The fourth-order valence-electron chi connectivity index (χ4n) is 0.950. The van der Waals surface area contributed by atoms with Crippen LogP contribution in [0.5, 0.6) is 0 Å². The van der Waals surface area contributed by atoms with Crippen molar-refractivity contribution in [2.45, 2.75) is 20.8 Å². The monoisotopic (exact) mass is 137 g/mol. The van der Waals surface area contributed by atoms with E-state index in [0.29, 0.717) is 0 Å². The molecule has 0 amide bonds. The van der Waals surface area contributed by atoms with Crippen LogP contribution in [0.15, 0.2) is 24.0 Å². The van der Waals surface area contributed by atoms with Crippen LogP contribution in [0.25, 0.3) is 0 Å². The predicted octanol–water partition coefficient (Wildman–Crippen LogP) is 2.38. The third kappa shape index (κ3) is 1.23. The van der Waals surface area contributed by atoms with E-state index in [-0.39, 0.29) is 5.41 Å². The number of nitrogens with zero attached hydrogens (tertiary/aromatic N) is 1. The molecule has 0 aromatic heterocycles. The molecule has 0 saturated heterocycles. The molecule has 10 heavy (non-hydrogen) atoms. The maximum atomic E-state index is 2.22. The molecule has 1 heteroatoms. The Hall–Kier alpha value is -0.720. The van der Waals surface area contributed by atoms with Gasteiger partial charge in [0, 0.05) is 18.7 Å². The molecule has 0 fully saturated rings. The number of hydrogen-bond acceptors (Lipinski definition) is 1. The molecule has 0 saturated carbocycles. The van der Waals surface area contributed by atoms with Crippen LogP contribution in [0.1, 0.15) is 20.8 Å². The van der Waals surface area contributed by atoms with Crippen LogP contribution in [0, 0.1) is 5.41 Å². The lowest BCUT2D eigenvalue weighted by Crippen LogP contribution is -2.18. The molecule has 1 nitrogen and oxygen atoms in total. The second kappa shape index (κ2) is 2.15. The molecule has 0 N–H and O–H groups in total. The molecule has 0 aromatic carbocycles. The second-order valence-electron chi connectivity index (χ2n) is 3.52. The summed E-state index contributed by atoms with van der Waals surface area (Å²) in [6, 6.07) is 0. The van der Waals surface area contributed by atoms with Gasteiger partial charge in [0.15, 0.2) is 0 Å². The maximum absolute atomic E-state index is 2.22. The number of hydrogen-bond donors (Lipinski definition) is 0. The highest BCUT2D eigenvalue weighted by atomic mass is 15.1. The van der Waals surface area contributed by atoms with Gasteiger partial charge in [-0.3, -0.25) is 0 Å². The van der Waals surface area contributed by atoms with Crippen molar-refractivity contribution in [3.05, 3.63) is 24.0 Å². The first-order valence-electron chi connectivity index (χ1n) is 3.62. The van der Waals surface area contributed by atoms with Gasteiger partial charge in [-0.25, -0.2) is 0 Å². The van der Waals surface area contributed by atoms with Crippen molar-refractivity contribution in [3.8, 4) is 0 Å². The average molecular weight is 137 g/mol. The fourth-order valence-corrected chi connectivity index (χ4v) is 0.950. The molecule has 1 heterocycles. The van der Waals surface area contributed by atoms with Crippen LogP contribution in [0.3, 0.4) is 0 Å². The van der Waals surface area contributed by atoms with Gasteiger partial charge in [-0.15, -0.1) is 0 Å². The van der Waals surface area contributed by atoms with Gasteiger partial charge in [0.05, 0.1) is 0 Å². The summed E-state index contributed by atoms with van der Waals surface area (Å²) in [6.07, 6.45) is 6.50. The molecular formula is C9H15N. The van der Waals surface area contributed by atoms with E-state index in [9.17, 15) is 0 Å². The molecule has 0 spiro atoms. The average Bonchev–Trinajstić information content (AvgIpc) is 1.81.